The first-order valence-electron chi connectivity index (χ1n) is 7.75. The van der Waals surface area contributed by atoms with Crippen LogP contribution in [-0.2, 0) is 11.2 Å². The van der Waals surface area contributed by atoms with Gasteiger partial charge in [0.1, 0.15) is 5.01 Å². The zero-order valence-corrected chi connectivity index (χ0v) is 14.7. The van der Waals surface area contributed by atoms with Crippen molar-refractivity contribution in [1.82, 2.24) is 9.97 Å². The molecule has 2 aromatic heterocycles. The van der Waals surface area contributed by atoms with Crippen LogP contribution in [0.25, 0.3) is 21.5 Å². The number of benzene rings is 2. The van der Waals surface area contributed by atoms with Gasteiger partial charge < -0.3 is 10.3 Å². The minimum absolute atomic E-state index is 0.0807. The van der Waals surface area contributed by atoms with Gasteiger partial charge in [-0.2, -0.15) is 0 Å². The van der Waals surface area contributed by atoms with Crippen LogP contribution in [0.3, 0.4) is 0 Å². The monoisotopic (exact) mass is 367 g/mol. The van der Waals surface area contributed by atoms with Gasteiger partial charge >= 0.3 is 0 Å². The van der Waals surface area contributed by atoms with Crippen LogP contribution in [0, 0.1) is 0 Å². The van der Waals surface area contributed by atoms with Crippen molar-refractivity contribution in [1.29, 1.82) is 0 Å². The van der Waals surface area contributed by atoms with Crippen molar-refractivity contribution in [3.8, 4) is 10.6 Å². The lowest BCUT2D eigenvalue weighted by Crippen LogP contribution is -2.14. The molecule has 0 fully saturated rings. The first kappa shape index (κ1) is 15.9. The molecule has 0 saturated heterocycles. The molecule has 0 unspecified atom stereocenters. The number of anilines is 1. The van der Waals surface area contributed by atoms with Crippen molar-refractivity contribution in [3.63, 3.8) is 0 Å². The molecule has 124 valence electrons. The Bertz CT molecular complexity index is 1040. The molecular weight excluding hydrogens is 354 g/mol. The van der Waals surface area contributed by atoms with Crippen LogP contribution < -0.4 is 5.32 Å². The molecule has 0 aliphatic rings. The van der Waals surface area contributed by atoms with Crippen LogP contribution in [0.4, 0.5) is 5.69 Å². The first-order chi connectivity index (χ1) is 12.2. The predicted molar refractivity (Wildman–Crippen MR) is 103 cm³/mol. The average molecular weight is 368 g/mol. The van der Waals surface area contributed by atoms with E-state index in [4.69, 9.17) is 11.6 Å². The summed E-state index contributed by atoms with van der Waals surface area (Å²) in [6.07, 6.45) is 2.12. The normalized spacial score (nSPS) is 10.9. The third kappa shape index (κ3) is 3.57. The second-order valence-electron chi connectivity index (χ2n) is 5.66. The van der Waals surface area contributed by atoms with E-state index in [1.54, 1.807) is 0 Å². The number of aromatic nitrogens is 2. The maximum atomic E-state index is 12.3. The lowest BCUT2D eigenvalue weighted by atomic mass is 10.2. The second-order valence-corrected chi connectivity index (χ2v) is 6.95. The van der Waals surface area contributed by atoms with Crippen molar-refractivity contribution in [2.24, 2.45) is 0 Å². The Kier molecular flexibility index (Phi) is 4.26. The van der Waals surface area contributed by atoms with Crippen LogP contribution in [0.15, 0.2) is 60.1 Å². The van der Waals surface area contributed by atoms with Crippen LogP contribution >= 0.6 is 22.9 Å². The Morgan fingerprint density at radius 1 is 1.16 bits per heavy atom. The van der Waals surface area contributed by atoms with Gasteiger partial charge in [0.25, 0.3) is 0 Å². The van der Waals surface area contributed by atoms with Crippen LogP contribution in [0.5, 0.6) is 0 Å². The van der Waals surface area contributed by atoms with E-state index >= 15 is 0 Å². The smallest absolute Gasteiger partial charge is 0.230 e. The molecule has 2 aromatic carbocycles. The SMILES string of the molecule is O=C(Cc1csc(-c2ccc(Cl)cc2)n1)Nc1ccc2[nH]ccc2c1. The van der Waals surface area contributed by atoms with E-state index in [1.165, 1.54) is 11.3 Å². The number of nitrogens with one attached hydrogen (secondary N) is 2. The number of fused-ring (bicyclic) bond motifs is 1. The summed E-state index contributed by atoms with van der Waals surface area (Å²) < 4.78 is 0. The minimum atomic E-state index is -0.0807. The van der Waals surface area contributed by atoms with E-state index in [2.05, 4.69) is 15.3 Å². The number of rotatable bonds is 4. The van der Waals surface area contributed by atoms with Crippen LogP contribution in [0.1, 0.15) is 5.69 Å². The number of hydrogen-bond donors (Lipinski definition) is 2. The summed E-state index contributed by atoms with van der Waals surface area (Å²) in [6.45, 7) is 0. The number of aromatic amines is 1. The lowest BCUT2D eigenvalue weighted by Gasteiger charge is -2.04. The van der Waals surface area contributed by atoms with Gasteiger partial charge in [0.05, 0.1) is 12.1 Å². The zero-order valence-electron chi connectivity index (χ0n) is 13.1. The zero-order chi connectivity index (χ0) is 17.2. The fraction of sp³-hybridized carbons (Fsp3) is 0.0526. The Balaban J connectivity index is 1.44. The fourth-order valence-corrected chi connectivity index (χ4v) is 3.57. The number of halogens is 1. The van der Waals surface area contributed by atoms with E-state index in [-0.39, 0.29) is 12.3 Å². The molecule has 0 aliphatic carbocycles. The second kappa shape index (κ2) is 6.70. The number of H-pyrrole nitrogens is 1. The highest BCUT2D eigenvalue weighted by atomic mass is 35.5. The third-order valence-corrected chi connectivity index (χ3v) is 5.01. The van der Waals surface area contributed by atoms with Gasteiger partial charge in [-0.3, -0.25) is 4.79 Å². The molecular formula is C19H14ClN3OS. The maximum absolute atomic E-state index is 12.3. The molecule has 2 heterocycles. The van der Waals surface area contributed by atoms with Gasteiger partial charge in [-0.05, 0) is 36.4 Å². The largest absolute Gasteiger partial charge is 0.361 e. The number of nitrogens with zero attached hydrogens (tertiary/aromatic N) is 1. The summed E-state index contributed by atoms with van der Waals surface area (Å²) in [6, 6.07) is 15.3. The number of carbonyl (C=O) groups is 1. The number of amides is 1. The summed E-state index contributed by atoms with van der Waals surface area (Å²) in [5.74, 6) is -0.0807. The number of carbonyl (C=O) groups excluding carboxylic acids is 1. The highest BCUT2D eigenvalue weighted by molar-refractivity contribution is 7.13. The first-order valence-corrected chi connectivity index (χ1v) is 9.00. The molecule has 0 bridgehead atoms. The summed E-state index contributed by atoms with van der Waals surface area (Å²) in [4.78, 5) is 20.0. The fourth-order valence-electron chi connectivity index (χ4n) is 2.61. The number of thiazole rings is 1. The highest BCUT2D eigenvalue weighted by Gasteiger charge is 2.10. The maximum Gasteiger partial charge on any atom is 0.230 e. The summed E-state index contributed by atoms with van der Waals surface area (Å²) >= 11 is 7.43. The van der Waals surface area contributed by atoms with E-state index in [1.807, 2.05) is 60.1 Å². The molecule has 0 spiro atoms. The quantitative estimate of drug-likeness (QED) is 0.525. The van der Waals surface area contributed by atoms with Crippen molar-refractivity contribution < 1.29 is 4.79 Å². The molecule has 0 aliphatic heterocycles. The molecule has 25 heavy (non-hydrogen) atoms. The van der Waals surface area contributed by atoms with Gasteiger partial charge in [0, 0.05) is 38.8 Å². The standard InChI is InChI=1S/C19H14ClN3OS/c20-14-3-1-12(2-4-14)19-23-16(11-25-19)10-18(24)22-15-5-6-17-13(9-15)7-8-21-17/h1-9,11,21H,10H2,(H,22,24). The van der Waals surface area contributed by atoms with E-state index in [0.29, 0.717) is 5.02 Å². The molecule has 4 nitrogen and oxygen atoms in total. The molecule has 0 saturated carbocycles. The molecule has 4 aromatic rings. The van der Waals surface area contributed by atoms with Crippen molar-refractivity contribution >= 4 is 45.4 Å². The van der Waals surface area contributed by atoms with Gasteiger partial charge in [0.15, 0.2) is 0 Å². The summed E-state index contributed by atoms with van der Waals surface area (Å²) in [7, 11) is 0. The Morgan fingerprint density at radius 2 is 2.00 bits per heavy atom. The van der Waals surface area contributed by atoms with Crippen molar-refractivity contribution in [2.45, 2.75) is 6.42 Å². The van der Waals surface area contributed by atoms with Gasteiger partial charge in [-0.15, -0.1) is 11.3 Å². The Labute approximate surface area is 153 Å². The highest BCUT2D eigenvalue weighted by Crippen LogP contribution is 2.25. The van der Waals surface area contributed by atoms with Crippen molar-refractivity contribution in [2.75, 3.05) is 5.32 Å². The Morgan fingerprint density at radius 3 is 2.84 bits per heavy atom. The topological polar surface area (TPSA) is 57.8 Å². The molecule has 2 N–H and O–H groups in total. The molecule has 0 radical (unpaired) electrons. The summed E-state index contributed by atoms with van der Waals surface area (Å²) in [5, 5.41) is 7.48. The molecule has 6 heteroatoms. The lowest BCUT2D eigenvalue weighted by molar-refractivity contribution is -0.115. The van der Waals surface area contributed by atoms with Gasteiger partial charge in [-0.25, -0.2) is 4.98 Å². The third-order valence-electron chi connectivity index (χ3n) is 3.82. The van der Waals surface area contributed by atoms with Crippen molar-refractivity contribution in [3.05, 3.63) is 70.8 Å². The van der Waals surface area contributed by atoms with Crippen LogP contribution in [-0.4, -0.2) is 15.9 Å². The van der Waals surface area contributed by atoms with Gasteiger partial charge in [0.2, 0.25) is 5.91 Å². The van der Waals surface area contributed by atoms with E-state index in [9.17, 15) is 4.79 Å². The molecule has 1 amide bonds. The molecule has 4 rings (SSSR count). The molecule has 0 atom stereocenters. The minimum Gasteiger partial charge on any atom is -0.361 e. The number of hydrogen-bond acceptors (Lipinski definition) is 3. The van der Waals surface area contributed by atoms with E-state index in [0.717, 1.165) is 32.9 Å². The van der Waals surface area contributed by atoms with Crippen LogP contribution in [0.2, 0.25) is 5.02 Å². The summed E-state index contributed by atoms with van der Waals surface area (Å²) in [5.41, 5.74) is 3.59. The Hall–Kier alpha value is -2.63. The van der Waals surface area contributed by atoms with Gasteiger partial charge in [-0.1, -0.05) is 23.7 Å². The average Bonchev–Trinajstić information content (AvgIpc) is 3.24. The van der Waals surface area contributed by atoms with E-state index < -0.39 is 0 Å². The predicted octanol–water partition coefficient (Wildman–Crippen LogP) is 5.13.